The minimum Gasteiger partial charge on any atom is -0.470 e. The third-order valence-electron chi connectivity index (χ3n) is 2.14. The van der Waals surface area contributed by atoms with Crippen molar-refractivity contribution in [2.75, 3.05) is 0 Å². The maximum absolute atomic E-state index is 5.87. The molecule has 1 aliphatic carbocycles. The van der Waals surface area contributed by atoms with Crippen molar-refractivity contribution in [2.24, 2.45) is 10.9 Å². The molecule has 0 saturated carbocycles. The lowest BCUT2D eigenvalue weighted by Crippen LogP contribution is -2.15. The molecule has 0 radical (unpaired) electrons. The zero-order valence-corrected chi connectivity index (χ0v) is 8.51. The fraction of sp³-hybridized carbons (Fsp3) is 0.500. The highest BCUT2D eigenvalue weighted by atomic mass is 35.5. The van der Waals surface area contributed by atoms with Gasteiger partial charge >= 0.3 is 0 Å². The molecule has 0 saturated heterocycles. The maximum atomic E-state index is 5.87. The molecule has 13 heavy (non-hydrogen) atoms. The summed E-state index contributed by atoms with van der Waals surface area (Å²) in [7, 11) is 0. The molecule has 1 unspecified atom stereocenters. The van der Waals surface area contributed by atoms with Crippen LogP contribution in [-0.2, 0) is 4.74 Å². The van der Waals surface area contributed by atoms with Gasteiger partial charge in [0.15, 0.2) is 5.90 Å². The van der Waals surface area contributed by atoms with Crippen LogP contribution in [0.3, 0.4) is 0 Å². The van der Waals surface area contributed by atoms with Crippen LogP contribution in [0, 0.1) is 5.92 Å². The van der Waals surface area contributed by atoms with Crippen LogP contribution in [-0.4, -0.2) is 12.0 Å². The third-order valence-corrected chi connectivity index (χ3v) is 2.40. The first-order valence-electron chi connectivity index (χ1n) is 4.49. The Morgan fingerprint density at radius 3 is 3.08 bits per heavy atom. The van der Waals surface area contributed by atoms with Gasteiger partial charge in [0.25, 0.3) is 0 Å². The highest BCUT2D eigenvalue weighted by Crippen LogP contribution is 2.29. The first-order chi connectivity index (χ1) is 6.16. The summed E-state index contributed by atoms with van der Waals surface area (Å²) in [6.45, 7) is 4.15. The lowest BCUT2D eigenvalue weighted by Gasteiger charge is -2.14. The van der Waals surface area contributed by atoms with E-state index in [1.807, 2.05) is 12.2 Å². The summed E-state index contributed by atoms with van der Waals surface area (Å²) in [4.78, 5) is 4.39. The van der Waals surface area contributed by atoms with E-state index in [-0.39, 0.29) is 6.10 Å². The number of fused-ring (bicyclic) bond motifs is 1. The van der Waals surface area contributed by atoms with Crippen molar-refractivity contribution >= 4 is 17.5 Å². The maximum Gasteiger partial charge on any atom is 0.191 e. The summed E-state index contributed by atoms with van der Waals surface area (Å²) in [5.41, 5.74) is 0.969. The van der Waals surface area contributed by atoms with Gasteiger partial charge in [0, 0.05) is 17.4 Å². The number of allylic oxidation sites excluding steroid dienone is 2. The van der Waals surface area contributed by atoms with Crippen LogP contribution in [0.2, 0.25) is 0 Å². The Balaban J connectivity index is 2.23. The molecule has 70 valence electrons. The number of hydrogen-bond acceptors (Lipinski definition) is 2. The molecule has 0 bridgehead atoms. The Hall–Kier alpha value is -0.760. The van der Waals surface area contributed by atoms with Gasteiger partial charge in [0.2, 0.25) is 0 Å². The minimum atomic E-state index is 0.111. The number of halogens is 1. The monoisotopic (exact) mass is 197 g/mol. The molecule has 2 aliphatic rings. The second-order valence-electron chi connectivity index (χ2n) is 3.61. The van der Waals surface area contributed by atoms with E-state index in [9.17, 15) is 0 Å². The van der Waals surface area contributed by atoms with E-state index in [0.29, 0.717) is 5.92 Å². The van der Waals surface area contributed by atoms with E-state index >= 15 is 0 Å². The molecule has 2 nitrogen and oxygen atoms in total. The largest absolute Gasteiger partial charge is 0.470 e. The Morgan fingerprint density at radius 2 is 2.38 bits per heavy atom. The molecule has 3 heteroatoms. The summed E-state index contributed by atoms with van der Waals surface area (Å²) in [5, 5.41) is 0.767. The van der Waals surface area contributed by atoms with Gasteiger partial charge in [-0.25, -0.2) is 4.99 Å². The highest BCUT2D eigenvalue weighted by molar-refractivity contribution is 6.31. The zero-order valence-electron chi connectivity index (χ0n) is 7.75. The molecule has 0 aromatic carbocycles. The summed E-state index contributed by atoms with van der Waals surface area (Å²) >= 11 is 5.87. The number of ether oxygens (including phenoxy) is 1. The molecule has 0 aromatic rings. The van der Waals surface area contributed by atoms with E-state index in [1.165, 1.54) is 0 Å². The molecular weight excluding hydrogens is 186 g/mol. The van der Waals surface area contributed by atoms with E-state index in [4.69, 9.17) is 16.3 Å². The summed E-state index contributed by atoms with van der Waals surface area (Å²) in [6, 6.07) is 0. The lowest BCUT2D eigenvalue weighted by molar-refractivity contribution is 0.233. The summed E-state index contributed by atoms with van der Waals surface area (Å²) in [5.74, 6) is 1.18. The number of hydrogen-bond donors (Lipinski definition) is 0. The predicted octanol–water partition coefficient (Wildman–Crippen LogP) is 2.85. The summed E-state index contributed by atoms with van der Waals surface area (Å²) < 4.78 is 5.65. The van der Waals surface area contributed by atoms with Crippen LogP contribution < -0.4 is 0 Å². The van der Waals surface area contributed by atoms with Crippen molar-refractivity contribution in [3.8, 4) is 0 Å². The van der Waals surface area contributed by atoms with Gasteiger partial charge in [-0.15, -0.1) is 0 Å². The molecular formula is C10H12ClNO. The Kier molecular flexibility index (Phi) is 2.16. The van der Waals surface area contributed by atoms with Crippen LogP contribution in [0.4, 0.5) is 0 Å². The minimum absolute atomic E-state index is 0.111. The van der Waals surface area contributed by atoms with E-state index < -0.39 is 0 Å². The fourth-order valence-corrected chi connectivity index (χ4v) is 1.61. The first-order valence-corrected chi connectivity index (χ1v) is 4.87. The topological polar surface area (TPSA) is 21.6 Å². The standard InChI is InChI=1S/C10H12ClNO/c1-6(2)10-12-8-5-7(11)3-4-9(8)13-10/h3,5-6,9H,4H2,1-2H3. The first kappa shape index (κ1) is 8.82. The molecule has 0 fully saturated rings. The second kappa shape index (κ2) is 3.18. The van der Waals surface area contributed by atoms with Gasteiger partial charge in [0.05, 0.1) is 5.70 Å². The third kappa shape index (κ3) is 1.63. The number of rotatable bonds is 1. The van der Waals surface area contributed by atoms with Crippen molar-refractivity contribution in [1.82, 2.24) is 0 Å². The van der Waals surface area contributed by atoms with Crippen LogP contribution in [0.15, 0.2) is 27.9 Å². The van der Waals surface area contributed by atoms with Gasteiger partial charge in [-0.05, 0) is 6.08 Å². The fourth-order valence-electron chi connectivity index (χ4n) is 1.41. The molecule has 0 N–H and O–H groups in total. The van der Waals surface area contributed by atoms with Gasteiger partial charge in [-0.1, -0.05) is 31.5 Å². The Labute approximate surface area is 82.9 Å². The Bertz CT molecular complexity index is 315. The molecule has 0 amide bonds. The SMILES string of the molecule is CC(C)C1=NC2=CC(Cl)=CCC2O1. The molecule has 2 rings (SSSR count). The normalized spacial score (nSPS) is 26.2. The molecule has 1 heterocycles. The molecule has 1 aliphatic heterocycles. The quantitative estimate of drug-likeness (QED) is 0.634. The number of nitrogens with zero attached hydrogens (tertiary/aromatic N) is 1. The molecule has 0 spiro atoms. The molecule has 0 aromatic heterocycles. The van der Waals surface area contributed by atoms with Gasteiger partial charge in [0.1, 0.15) is 6.10 Å². The average molecular weight is 198 g/mol. The van der Waals surface area contributed by atoms with Crippen molar-refractivity contribution in [3.63, 3.8) is 0 Å². The zero-order chi connectivity index (χ0) is 9.42. The van der Waals surface area contributed by atoms with Crippen LogP contribution in [0.5, 0.6) is 0 Å². The van der Waals surface area contributed by atoms with Crippen molar-refractivity contribution in [2.45, 2.75) is 26.4 Å². The van der Waals surface area contributed by atoms with Crippen molar-refractivity contribution in [1.29, 1.82) is 0 Å². The number of aliphatic imine (C=N–C) groups is 1. The van der Waals surface area contributed by atoms with E-state index in [0.717, 1.165) is 23.0 Å². The van der Waals surface area contributed by atoms with Crippen LogP contribution >= 0.6 is 11.6 Å². The Morgan fingerprint density at radius 1 is 1.62 bits per heavy atom. The smallest absolute Gasteiger partial charge is 0.191 e. The second-order valence-corrected chi connectivity index (χ2v) is 4.04. The van der Waals surface area contributed by atoms with E-state index in [1.54, 1.807) is 0 Å². The van der Waals surface area contributed by atoms with Crippen molar-refractivity contribution < 1.29 is 4.74 Å². The van der Waals surface area contributed by atoms with Gasteiger partial charge in [-0.2, -0.15) is 0 Å². The van der Waals surface area contributed by atoms with Crippen LogP contribution in [0.1, 0.15) is 20.3 Å². The highest BCUT2D eigenvalue weighted by Gasteiger charge is 2.28. The van der Waals surface area contributed by atoms with E-state index in [2.05, 4.69) is 18.8 Å². The van der Waals surface area contributed by atoms with Crippen LogP contribution in [0.25, 0.3) is 0 Å². The van der Waals surface area contributed by atoms with Gasteiger partial charge in [-0.3, -0.25) is 0 Å². The van der Waals surface area contributed by atoms with Crippen molar-refractivity contribution in [3.05, 3.63) is 22.9 Å². The predicted molar refractivity (Wildman–Crippen MR) is 53.8 cm³/mol. The summed E-state index contributed by atoms with van der Waals surface area (Å²) in [6.07, 6.45) is 4.80. The van der Waals surface area contributed by atoms with Gasteiger partial charge < -0.3 is 4.74 Å². The average Bonchev–Trinajstić information content (AvgIpc) is 2.46. The lowest BCUT2D eigenvalue weighted by atomic mass is 10.1. The molecule has 1 atom stereocenters.